The molecule has 1 aliphatic rings. The van der Waals surface area contributed by atoms with Crippen LogP contribution in [0.4, 0.5) is 0 Å². The number of benzene rings is 1. The minimum absolute atomic E-state index is 0.0710. The predicted molar refractivity (Wildman–Crippen MR) is 95.3 cm³/mol. The van der Waals surface area contributed by atoms with Crippen molar-refractivity contribution in [3.05, 3.63) is 54.1 Å². The molecular weight excluding hydrogens is 320 g/mol. The van der Waals surface area contributed by atoms with Gasteiger partial charge < -0.3 is 14.6 Å². The minimum atomic E-state index is -1.01. The van der Waals surface area contributed by atoms with Crippen molar-refractivity contribution < 1.29 is 24.2 Å². The van der Waals surface area contributed by atoms with Gasteiger partial charge >= 0.3 is 11.9 Å². The molecule has 2 rings (SSSR count). The zero-order valence-electron chi connectivity index (χ0n) is 14.2. The molecule has 1 saturated carbocycles. The Balaban J connectivity index is 1.78. The molecule has 0 saturated heterocycles. The van der Waals surface area contributed by atoms with Gasteiger partial charge in [0, 0.05) is 6.08 Å². The number of carbonyl (C=O) groups is 2. The second kappa shape index (κ2) is 9.79. The van der Waals surface area contributed by atoms with Crippen molar-refractivity contribution in [1.82, 2.24) is 0 Å². The molecule has 1 N–H and O–H groups in total. The lowest BCUT2D eigenvalue weighted by molar-refractivity contribution is -0.131. The van der Waals surface area contributed by atoms with E-state index in [0.717, 1.165) is 43.7 Å². The lowest BCUT2D eigenvalue weighted by atomic mass is 9.95. The van der Waals surface area contributed by atoms with Crippen LogP contribution in [0, 0.1) is 0 Å². The first-order valence-corrected chi connectivity index (χ1v) is 8.53. The maximum Gasteiger partial charge on any atom is 0.338 e. The van der Waals surface area contributed by atoms with Crippen molar-refractivity contribution in [2.24, 2.45) is 0 Å². The van der Waals surface area contributed by atoms with E-state index in [-0.39, 0.29) is 18.2 Å². The largest absolute Gasteiger partial charge is 0.478 e. The average Bonchev–Trinajstić information content (AvgIpc) is 2.62. The van der Waals surface area contributed by atoms with Gasteiger partial charge in [-0.15, -0.1) is 6.58 Å². The zero-order chi connectivity index (χ0) is 18.1. The minimum Gasteiger partial charge on any atom is -0.478 e. The van der Waals surface area contributed by atoms with Gasteiger partial charge in [-0.1, -0.05) is 18.2 Å². The van der Waals surface area contributed by atoms with Crippen molar-refractivity contribution in [3.63, 3.8) is 0 Å². The molecule has 0 spiro atoms. The SMILES string of the molecule is C=CCCOC1CCC(OC(=O)c2ccc(/C=C/C(=O)O)cc2)CC1. The maximum absolute atomic E-state index is 12.2. The summed E-state index contributed by atoms with van der Waals surface area (Å²) in [5.41, 5.74) is 1.19. The zero-order valence-corrected chi connectivity index (χ0v) is 14.2. The summed E-state index contributed by atoms with van der Waals surface area (Å²) in [6.45, 7) is 4.37. The maximum atomic E-state index is 12.2. The third kappa shape index (κ3) is 6.55. The van der Waals surface area contributed by atoms with Crippen LogP contribution >= 0.6 is 0 Å². The highest BCUT2D eigenvalue weighted by atomic mass is 16.5. The number of carboxylic acids is 1. The van der Waals surface area contributed by atoms with Crippen molar-refractivity contribution >= 4 is 18.0 Å². The highest BCUT2D eigenvalue weighted by molar-refractivity contribution is 5.90. The summed E-state index contributed by atoms with van der Waals surface area (Å²) in [5, 5.41) is 8.60. The standard InChI is InChI=1S/C20H24O5/c1-2-3-14-24-17-9-11-18(12-10-17)25-20(23)16-7-4-15(5-8-16)6-13-19(21)22/h2,4-8,13,17-18H,1,3,9-12,14H2,(H,21,22)/b13-6+. The average molecular weight is 344 g/mol. The van der Waals surface area contributed by atoms with E-state index < -0.39 is 5.97 Å². The topological polar surface area (TPSA) is 72.8 Å². The van der Waals surface area contributed by atoms with Gasteiger partial charge in [0.15, 0.2) is 0 Å². The van der Waals surface area contributed by atoms with Gasteiger partial charge in [-0.3, -0.25) is 0 Å². The molecule has 1 aromatic rings. The van der Waals surface area contributed by atoms with E-state index >= 15 is 0 Å². The molecule has 0 atom stereocenters. The smallest absolute Gasteiger partial charge is 0.338 e. The van der Waals surface area contributed by atoms with E-state index in [1.165, 1.54) is 6.08 Å². The molecule has 1 fully saturated rings. The number of hydrogen-bond donors (Lipinski definition) is 1. The summed E-state index contributed by atoms with van der Waals surface area (Å²) in [6, 6.07) is 6.68. The van der Waals surface area contributed by atoms with Crippen LogP contribution in [0.15, 0.2) is 43.0 Å². The van der Waals surface area contributed by atoms with Gasteiger partial charge in [0.1, 0.15) is 6.10 Å². The molecule has 0 unspecified atom stereocenters. The van der Waals surface area contributed by atoms with Crippen molar-refractivity contribution in [2.75, 3.05) is 6.61 Å². The highest BCUT2D eigenvalue weighted by Crippen LogP contribution is 2.24. The Bertz CT molecular complexity index is 609. The molecule has 1 aliphatic carbocycles. The molecule has 0 heterocycles. The number of carbonyl (C=O) groups excluding carboxylic acids is 1. The van der Waals surface area contributed by atoms with E-state index in [4.69, 9.17) is 14.6 Å². The summed E-state index contributed by atoms with van der Waals surface area (Å²) in [4.78, 5) is 22.7. The quantitative estimate of drug-likeness (QED) is 0.336. The lowest BCUT2D eigenvalue weighted by Gasteiger charge is -2.28. The summed E-state index contributed by atoms with van der Waals surface area (Å²) in [5.74, 6) is -1.35. The monoisotopic (exact) mass is 344 g/mol. The Hall–Kier alpha value is -2.40. The predicted octanol–water partition coefficient (Wildman–Crippen LogP) is 3.85. The molecule has 5 heteroatoms. The fraction of sp³-hybridized carbons (Fsp3) is 0.400. The molecular formula is C20H24O5. The van der Waals surface area contributed by atoms with Crippen LogP contribution in [-0.2, 0) is 14.3 Å². The van der Waals surface area contributed by atoms with Crippen LogP contribution < -0.4 is 0 Å². The number of aliphatic carboxylic acids is 1. The molecule has 0 radical (unpaired) electrons. The molecule has 0 aliphatic heterocycles. The second-order valence-electron chi connectivity index (χ2n) is 6.05. The molecule has 134 valence electrons. The van der Waals surface area contributed by atoms with Crippen molar-refractivity contribution in [3.8, 4) is 0 Å². The number of rotatable bonds is 8. The Labute approximate surface area is 147 Å². The Morgan fingerprint density at radius 1 is 1.12 bits per heavy atom. The third-order valence-corrected chi connectivity index (χ3v) is 4.14. The van der Waals surface area contributed by atoms with Crippen LogP contribution in [0.3, 0.4) is 0 Å². The highest BCUT2D eigenvalue weighted by Gasteiger charge is 2.24. The van der Waals surface area contributed by atoms with Crippen LogP contribution in [0.25, 0.3) is 6.08 Å². The molecule has 5 nitrogen and oxygen atoms in total. The van der Waals surface area contributed by atoms with E-state index in [2.05, 4.69) is 6.58 Å². The van der Waals surface area contributed by atoms with Crippen LogP contribution in [-0.4, -0.2) is 35.9 Å². The van der Waals surface area contributed by atoms with Crippen molar-refractivity contribution in [2.45, 2.75) is 44.3 Å². The summed E-state index contributed by atoms with van der Waals surface area (Å²) in [7, 11) is 0. The van der Waals surface area contributed by atoms with Crippen LogP contribution in [0.1, 0.15) is 48.0 Å². The van der Waals surface area contributed by atoms with Gasteiger partial charge in [-0.2, -0.15) is 0 Å². The summed E-state index contributed by atoms with van der Waals surface area (Å²) < 4.78 is 11.3. The number of carboxylic acid groups (broad SMARTS) is 1. The van der Waals surface area contributed by atoms with Crippen molar-refractivity contribution in [1.29, 1.82) is 0 Å². The number of esters is 1. The molecule has 0 aromatic heterocycles. The normalized spacial score (nSPS) is 20.3. The first-order valence-electron chi connectivity index (χ1n) is 8.53. The van der Waals surface area contributed by atoms with Gasteiger partial charge in [-0.25, -0.2) is 9.59 Å². The Kier molecular flexibility index (Phi) is 7.41. The second-order valence-corrected chi connectivity index (χ2v) is 6.05. The third-order valence-electron chi connectivity index (χ3n) is 4.14. The number of ether oxygens (including phenoxy) is 2. The molecule has 1 aromatic carbocycles. The van der Waals surface area contributed by atoms with E-state index in [9.17, 15) is 9.59 Å². The molecule has 25 heavy (non-hydrogen) atoms. The van der Waals surface area contributed by atoms with Crippen LogP contribution in [0.5, 0.6) is 0 Å². The Morgan fingerprint density at radius 2 is 1.76 bits per heavy atom. The molecule has 0 bridgehead atoms. The lowest BCUT2D eigenvalue weighted by Crippen LogP contribution is -2.28. The first-order chi connectivity index (χ1) is 12.1. The Morgan fingerprint density at radius 3 is 2.36 bits per heavy atom. The first kappa shape index (κ1) is 18.9. The van der Waals surface area contributed by atoms with Gasteiger partial charge in [0.25, 0.3) is 0 Å². The summed E-state index contributed by atoms with van der Waals surface area (Å²) in [6.07, 6.45) is 8.82. The van der Waals surface area contributed by atoms with Gasteiger partial charge in [0.2, 0.25) is 0 Å². The van der Waals surface area contributed by atoms with Gasteiger partial charge in [0.05, 0.1) is 18.3 Å². The fourth-order valence-corrected chi connectivity index (χ4v) is 2.75. The van der Waals surface area contributed by atoms with Crippen LogP contribution in [0.2, 0.25) is 0 Å². The summed E-state index contributed by atoms with van der Waals surface area (Å²) >= 11 is 0. The van der Waals surface area contributed by atoms with E-state index in [0.29, 0.717) is 12.2 Å². The van der Waals surface area contributed by atoms with Gasteiger partial charge in [-0.05, 0) is 55.9 Å². The van der Waals surface area contributed by atoms with E-state index in [1.807, 2.05) is 6.08 Å². The number of hydrogen-bond acceptors (Lipinski definition) is 4. The van der Waals surface area contributed by atoms with E-state index in [1.54, 1.807) is 24.3 Å². The molecule has 0 amide bonds. The fourth-order valence-electron chi connectivity index (χ4n) is 2.75.